The summed E-state index contributed by atoms with van der Waals surface area (Å²) in [5, 5.41) is 10.3. The number of nitrogens with one attached hydrogen (secondary N) is 1. The van der Waals surface area contributed by atoms with Gasteiger partial charge in [-0.25, -0.2) is 13.1 Å². The summed E-state index contributed by atoms with van der Waals surface area (Å²) in [6, 6.07) is 3.98. The molecule has 1 N–H and O–H groups in total. The molecule has 2 rings (SSSR count). The lowest BCUT2D eigenvalue weighted by atomic mass is 10.3. The van der Waals surface area contributed by atoms with Crippen molar-refractivity contribution in [2.45, 2.75) is 25.1 Å². The van der Waals surface area contributed by atoms with Gasteiger partial charge in [0.25, 0.3) is 0 Å². The van der Waals surface area contributed by atoms with Gasteiger partial charge in [0.2, 0.25) is 10.0 Å². The highest BCUT2D eigenvalue weighted by atomic mass is 32.2. The Hall–Kier alpha value is -0.940. The first-order valence-electron chi connectivity index (χ1n) is 6.23. The number of hydrogen-bond acceptors (Lipinski definition) is 5. The van der Waals surface area contributed by atoms with Crippen LogP contribution in [0.5, 0.6) is 0 Å². The van der Waals surface area contributed by atoms with Crippen LogP contribution in [0.25, 0.3) is 0 Å². The average Bonchev–Trinajstić information content (AvgIpc) is 2.99. The number of rotatable bonds is 5. The Morgan fingerprint density at radius 3 is 3.05 bits per heavy atom. The topological polar surface area (TPSA) is 73.2 Å². The van der Waals surface area contributed by atoms with Crippen LogP contribution in [0.15, 0.2) is 11.4 Å². The maximum Gasteiger partial charge on any atom is 0.215 e. The van der Waals surface area contributed by atoms with Gasteiger partial charge in [-0.3, -0.25) is 4.90 Å². The Bertz CT molecular complexity index is 574. The summed E-state index contributed by atoms with van der Waals surface area (Å²) in [4.78, 5) is 3.24. The molecule has 1 aromatic rings. The van der Waals surface area contributed by atoms with Crippen LogP contribution in [0.1, 0.15) is 23.8 Å². The minimum Gasteiger partial charge on any atom is -0.297 e. The molecule has 0 unspecified atom stereocenters. The molecule has 0 amide bonds. The fourth-order valence-electron chi connectivity index (χ4n) is 2.26. The molecular formula is C12H17N3O2S2. The van der Waals surface area contributed by atoms with E-state index in [-0.39, 0.29) is 5.25 Å². The summed E-state index contributed by atoms with van der Waals surface area (Å²) < 4.78 is 26.4. The van der Waals surface area contributed by atoms with Gasteiger partial charge in [-0.15, -0.1) is 11.3 Å². The molecule has 0 aromatic carbocycles. The zero-order valence-electron chi connectivity index (χ0n) is 10.8. The van der Waals surface area contributed by atoms with Crippen LogP contribution in [-0.2, 0) is 16.6 Å². The second kappa shape index (κ2) is 6.01. The van der Waals surface area contributed by atoms with E-state index in [4.69, 9.17) is 5.26 Å². The minimum absolute atomic E-state index is 0.317. The summed E-state index contributed by atoms with van der Waals surface area (Å²) in [5.41, 5.74) is 0.677. The van der Waals surface area contributed by atoms with Crippen LogP contribution in [0.3, 0.4) is 0 Å². The van der Waals surface area contributed by atoms with E-state index in [0.717, 1.165) is 18.0 Å². The monoisotopic (exact) mass is 299 g/mol. The Labute approximate surface area is 117 Å². The van der Waals surface area contributed by atoms with Crippen LogP contribution >= 0.6 is 11.3 Å². The summed E-state index contributed by atoms with van der Waals surface area (Å²) in [7, 11) is -3.18. The summed E-state index contributed by atoms with van der Waals surface area (Å²) >= 11 is 1.55. The first kappa shape index (κ1) is 14.5. The molecule has 2 heterocycles. The predicted molar refractivity (Wildman–Crippen MR) is 75.3 cm³/mol. The summed E-state index contributed by atoms with van der Waals surface area (Å²) in [5.74, 6) is 0. The van der Waals surface area contributed by atoms with Gasteiger partial charge in [-0.2, -0.15) is 5.26 Å². The fraction of sp³-hybridized carbons (Fsp3) is 0.583. The van der Waals surface area contributed by atoms with Gasteiger partial charge in [0, 0.05) is 29.9 Å². The van der Waals surface area contributed by atoms with Gasteiger partial charge in [0.15, 0.2) is 0 Å². The average molecular weight is 299 g/mol. The lowest BCUT2D eigenvalue weighted by Gasteiger charge is -2.15. The second-order valence-electron chi connectivity index (χ2n) is 4.60. The Kier molecular flexibility index (Phi) is 4.58. The van der Waals surface area contributed by atoms with Crippen molar-refractivity contribution in [3.8, 4) is 6.07 Å². The van der Waals surface area contributed by atoms with E-state index >= 15 is 0 Å². The van der Waals surface area contributed by atoms with Gasteiger partial charge in [-0.1, -0.05) is 6.92 Å². The molecule has 1 fully saturated rings. The second-order valence-corrected chi connectivity index (χ2v) is 7.64. The van der Waals surface area contributed by atoms with Gasteiger partial charge in [0.1, 0.15) is 6.07 Å². The first-order valence-corrected chi connectivity index (χ1v) is 8.66. The molecule has 1 aliphatic heterocycles. The third-order valence-corrected chi connectivity index (χ3v) is 6.05. The van der Waals surface area contributed by atoms with E-state index in [1.807, 2.05) is 11.4 Å². The molecule has 0 bridgehead atoms. The Morgan fingerprint density at radius 1 is 1.63 bits per heavy atom. The largest absolute Gasteiger partial charge is 0.297 e. The normalized spacial score (nSPS) is 20.5. The highest BCUT2D eigenvalue weighted by molar-refractivity contribution is 7.90. The molecule has 1 saturated heterocycles. The predicted octanol–water partition coefficient (Wildman–Crippen LogP) is 1.13. The van der Waals surface area contributed by atoms with E-state index in [2.05, 4.69) is 15.7 Å². The van der Waals surface area contributed by atoms with Crippen molar-refractivity contribution in [3.63, 3.8) is 0 Å². The molecule has 7 heteroatoms. The van der Waals surface area contributed by atoms with Crippen molar-refractivity contribution < 1.29 is 8.42 Å². The zero-order chi connectivity index (χ0) is 13.9. The van der Waals surface area contributed by atoms with Crippen molar-refractivity contribution in [3.05, 3.63) is 21.9 Å². The van der Waals surface area contributed by atoms with Crippen LogP contribution in [0.4, 0.5) is 0 Å². The molecule has 0 aliphatic carbocycles. The molecule has 0 spiro atoms. The Balaban J connectivity index is 1.94. The molecular weight excluding hydrogens is 282 g/mol. The SMILES string of the molecule is CCNS(=O)(=O)[C@H]1CCN(Cc2cc(C#N)cs2)C1. The first-order chi connectivity index (χ1) is 9.05. The van der Waals surface area contributed by atoms with Crippen molar-refractivity contribution in [2.75, 3.05) is 19.6 Å². The van der Waals surface area contributed by atoms with Crippen molar-refractivity contribution >= 4 is 21.4 Å². The van der Waals surface area contributed by atoms with Gasteiger partial charge < -0.3 is 0 Å². The number of sulfonamides is 1. The van der Waals surface area contributed by atoms with E-state index in [1.54, 1.807) is 18.3 Å². The molecule has 1 aliphatic rings. The van der Waals surface area contributed by atoms with Crippen LogP contribution < -0.4 is 4.72 Å². The van der Waals surface area contributed by atoms with Crippen LogP contribution in [-0.4, -0.2) is 38.2 Å². The van der Waals surface area contributed by atoms with Gasteiger partial charge >= 0.3 is 0 Å². The molecule has 1 aromatic heterocycles. The number of nitrogens with zero attached hydrogens (tertiary/aromatic N) is 2. The maximum absolute atomic E-state index is 11.9. The smallest absolute Gasteiger partial charge is 0.215 e. The minimum atomic E-state index is -3.18. The quantitative estimate of drug-likeness (QED) is 0.884. The van der Waals surface area contributed by atoms with Crippen molar-refractivity contribution in [1.29, 1.82) is 5.26 Å². The number of nitriles is 1. The molecule has 104 valence electrons. The highest BCUT2D eigenvalue weighted by Crippen LogP contribution is 2.21. The third-order valence-electron chi connectivity index (χ3n) is 3.18. The van der Waals surface area contributed by atoms with Gasteiger partial charge in [-0.05, 0) is 19.0 Å². The summed E-state index contributed by atoms with van der Waals surface area (Å²) in [6.45, 7) is 4.31. The number of likely N-dealkylation sites (tertiary alicyclic amines) is 1. The van der Waals surface area contributed by atoms with E-state index < -0.39 is 10.0 Å². The lowest BCUT2D eigenvalue weighted by Crippen LogP contribution is -2.36. The molecule has 0 radical (unpaired) electrons. The number of thiophene rings is 1. The van der Waals surface area contributed by atoms with E-state index in [0.29, 0.717) is 25.1 Å². The molecule has 1 atom stereocenters. The summed E-state index contributed by atoms with van der Waals surface area (Å²) in [6.07, 6.45) is 0.672. The number of hydrogen-bond donors (Lipinski definition) is 1. The molecule has 19 heavy (non-hydrogen) atoms. The van der Waals surface area contributed by atoms with E-state index in [1.165, 1.54) is 0 Å². The van der Waals surface area contributed by atoms with E-state index in [9.17, 15) is 8.42 Å². The lowest BCUT2D eigenvalue weighted by molar-refractivity contribution is 0.334. The molecule has 0 saturated carbocycles. The van der Waals surface area contributed by atoms with Crippen LogP contribution in [0, 0.1) is 11.3 Å². The maximum atomic E-state index is 11.9. The third kappa shape index (κ3) is 3.54. The molecule has 5 nitrogen and oxygen atoms in total. The highest BCUT2D eigenvalue weighted by Gasteiger charge is 2.32. The van der Waals surface area contributed by atoms with Crippen LogP contribution in [0.2, 0.25) is 0 Å². The Morgan fingerprint density at radius 2 is 2.42 bits per heavy atom. The zero-order valence-corrected chi connectivity index (χ0v) is 12.4. The standard InChI is InChI=1S/C12H17N3O2S2/c1-2-14-19(16,17)12-3-4-15(8-12)7-11-5-10(6-13)9-18-11/h5,9,12,14H,2-4,7-8H2,1H3/t12-/m0/s1. The van der Waals surface area contributed by atoms with Crippen molar-refractivity contribution in [1.82, 2.24) is 9.62 Å². The van der Waals surface area contributed by atoms with Crippen molar-refractivity contribution in [2.24, 2.45) is 0 Å². The van der Waals surface area contributed by atoms with Gasteiger partial charge in [0.05, 0.1) is 10.8 Å². The fourth-order valence-corrected chi connectivity index (χ4v) is 4.57.